The molecule has 6 heteroatoms. The molecular formula is C23H26N4O2. The summed E-state index contributed by atoms with van der Waals surface area (Å²) in [6, 6.07) is 20.1. The van der Waals surface area contributed by atoms with Crippen molar-refractivity contribution < 1.29 is 9.53 Å². The van der Waals surface area contributed by atoms with Gasteiger partial charge in [0, 0.05) is 36.8 Å². The number of aromatic nitrogens is 2. The molecule has 2 heterocycles. The number of methoxy groups -OCH3 is 1. The van der Waals surface area contributed by atoms with Gasteiger partial charge in [0.05, 0.1) is 7.11 Å². The summed E-state index contributed by atoms with van der Waals surface area (Å²) in [5.74, 6) is 0.958. The zero-order chi connectivity index (χ0) is 20.1. The maximum Gasteiger partial charge on any atom is 0.272 e. The van der Waals surface area contributed by atoms with Crippen molar-refractivity contribution in [2.24, 2.45) is 0 Å². The Morgan fingerprint density at radius 3 is 2.83 bits per heavy atom. The summed E-state index contributed by atoms with van der Waals surface area (Å²) >= 11 is 0. The number of para-hydroxylation sites is 1. The van der Waals surface area contributed by atoms with Gasteiger partial charge in [0.2, 0.25) is 0 Å². The fraction of sp³-hybridized carbons (Fsp3) is 0.304. The lowest BCUT2D eigenvalue weighted by atomic mass is 10.0. The Bertz CT molecular complexity index is 954. The average Bonchev–Trinajstić information content (AvgIpc) is 3.43. The molecule has 29 heavy (non-hydrogen) atoms. The number of H-pyrrole nitrogens is 1. The monoisotopic (exact) mass is 390 g/mol. The molecule has 2 N–H and O–H groups in total. The molecule has 150 valence electrons. The summed E-state index contributed by atoms with van der Waals surface area (Å²) in [7, 11) is 1.63. The van der Waals surface area contributed by atoms with Crippen LogP contribution in [0, 0.1) is 0 Å². The normalized spacial score (nSPS) is 16.7. The highest BCUT2D eigenvalue weighted by atomic mass is 16.5. The highest BCUT2D eigenvalue weighted by Crippen LogP contribution is 2.27. The van der Waals surface area contributed by atoms with E-state index in [1.165, 1.54) is 5.56 Å². The molecule has 1 atom stereocenters. The molecule has 0 radical (unpaired) electrons. The number of hydrogen-bond acceptors (Lipinski definition) is 4. The standard InChI is InChI=1S/C23H26N4O2/c1-29-22-10-6-5-9-18(22)14-24-23(28)21-13-20(25-26-21)19-11-12-27(16-19)15-17-7-3-2-4-8-17/h2-10,13,19H,11-12,14-16H2,1H3,(H,24,28)(H,25,26). The van der Waals surface area contributed by atoms with Crippen LogP contribution in [0.1, 0.15) is 39.6 Å². The van der Waals surface area contributed by atoms with E-state index in [0.29, 0.717) is 18.2 Å². The Labute approximate surface area is 170 Å². The lowest BCUT2D eigenvalue weighted by Crippen LogP contribution is -2.23. The summed E-state index contributed by atoms with van der Waals surface area (Å²) in [5, 5.41) is 10.2. The highest BCUT2D eigenvalue weighted by molar-refractivity contribution is 5.92. The first kappa shape index (κ1) is 19.2. The van der Waals surface area contributed by atoms with Crippen LogP contribution in [0.5, 0.6) is 5.75 Å². The van der Waals surface area contributed by atoms with Gasteiger partial charge in [-0.25, -0.2) is 0 Å². The minimum Gasteiger partial charge on any atom is -0.496 e. The zero-order valence-corrected chi connectivity index (χ0v) is 16.6. The van der Waals surface area contributed by atoms with Gasteiger partial charge in [-0.05, 0) is 30.7 Å². The minimum absolute atomic E-state index is 0.183. The van der Waals surface area contributed by atoms with Crippen LogP contribution in [-0.4, -0.2) is 41.2 Å². The molecule has 0 spiro atoms. The van der Waals surface area contributed by atoms with Crippen LogP contribution >= 0.6 is 0 Å². The van der Waals surface area contributed by atoms with Crippen molar-refractivity contribution in [3.63, 3.8) is 0 Å². The van der Waals surface area contributed by atoms with Gasteiger partial charge in [-0.1, -0.05) is 48.5 Å². The Kier molecular flexibility index (Phi) is 5.91. The molecule has 2 aromatic carbocycles. The van der Waals surface area contributed by atoms with Gasteiger partial charge in [-0.2, -0.15) is 5.10 Å². The van der Waals surface area contributed by atoms with Gasteiger partial charge in [-0.15, -0.1) is 0 Å². The number of likely N-dealkylation sites (tertiary alicyclic amines) is 1. The quantitative estimate of drug-likeness (QED) is 0.649. The van der Waals surface area contributed by atoms with E-state index in [0.717, 1.165) is 43.1 Å². The van der Waals surface area contributed by atoms with E-state index in [4.69, 9.17) is 4.74 Å². The van der Waals surface area contributed by atoms with Crippen molar-refractivity contribution in [2.45, 2.75) is 25.4 Å². The number of rotatable bonds is 7. The first-order valence-corrected chi connectivity index (χ1v) is 9.94. The number of aromatic amines is 1. The lowest BCUT2D eigenvalue weighted by Gasteiger charge is -2.15. The largest absolute Gasteiger partial charge is 0.496 e. The van der Waals surface area contributed by atoms with E-state index in [1.54, 1.807) is 7.11 Å². The second kappa shape index (κ2) is 8.92. The van der Waals surface area contributed by atoms with Gasteiger partial charge >= 0.3 is 0 Å². The molecular weight excluding hydrogens is 364 g/mol. The van der Waals surface area contributed by atoms with E-state index in [-0.39, 0.29) is 5.91 Å². The molecule has 0 bridgehead atoms. The molecule has 1 saturated heterocycles. The lowest BCUT2D eigenvalue weighted by molar-refractivity contribution is 0.0945. The average molecular weight is 390 g/mol. The molecule has 1 unspecified atom stereocenters. The Morgan fingerprint density at radius 1 is 1.21 bits per heavy atom. The molecule has 1 fully saturated rings. The third-order valence-electron chi connectivity index (χ3n) is 5.42. The predicted octanol–water partition coefficient (Wildman–Crippen LogP) is 3.34. The van der Waals surface area contributed by atoms with Crippen LogP contribution in [0.25, 0.3) is 0 Å². The number of carbonyl (C=O) groups excluding carboxylic acids is 1. The predicted molar refractivity (Wildman–Crippen MR) is 112 cm³/mol. The van der Waals surface area contributed by atoms with Gasteiger partial charge in [-0.3, -0.25) is 14.8 Å². The van der Waals surface area contributed by atoms with Gasteiger partial charge < -0.3 is 10.1 Å². The molecule has 1 aromatic heterocycles. The smallest absolute Gasteiger partial charge is 0.272 e. The van der Waals surface area contributed by atoms with Crippen LogP contribution in [0.15, 0.2) is 60.7 Å². The van der Waals surface area contributed by atoms with Crippen LogP contribution in [0.3, 0.4) is 0 Å². The number of nitrogens with zero attached hydrogens (tertiary/aromatic N) is 2. The van der Waals surface area contributed by atoms with E-state index >= 15 is 0 Å². The minimum atomic E-state index is -0.183. The Balaban J connectivity index is 1.33. The number of benzene rings is 2. The van der Waals surface area contributed by atoms with Crippen LogP contribution in [0.4, 0.5) is 0 Å². The topological polar surface area (TPSA) is 70.2 Å². The fourth-order valence-corrected chi connectivity index (χ4v) is 3.85. The second-order valence-corrected chi connectivity index (χ2v) is 7.41. The van der Waals surface area contributed by atoms with Crippen LogP contribution < -0.4 is 10.1 Å². The summed E-state index contributed by atoms with van der Waals surface area (Å²) in [6.45, 7) is 3.38. The molecule has 6 nitrogen and oxygen atoms in total. The molecule has 3 aromatic rings. The fourth-order valence-electron chi connectivity index (χ4n) is 3.85. The first-order chi connectivity index (χ1) is 14.2. The Hall–Kier alpha value is -3.12. The maximum atomic E-state index is 12.5. The molecule has 4 rings (SSSR count). The van der Waals surface area contributed by atoms with Crippen LogP contribution in [-0.2, 0) is 13.1 Å². The number of nitrogens with one attached hydrogen (secondary N) is 2. The van der Waals surface area contributed by atoms with E-state index in [2.05, 4.69) is 44.7 Å². The molecule has 0 aliphatic carbocycles. The zero-order valence-electron chi connectivity index (χ0n) is 16.6. The van der Waals surface area contributed by atoms with Crippen molar-refractivity contribution in [1.82, 2.24) is 20.4 Å². The van der Waals surface area contributed by atoms with Crippen LogP contribution in [0.2, 0.25) is 0 Å². The Morgan fingerprint density at radius 2 is 2.00 bits per heavy atom. The van der Waals surface area contributed by atoms with Crippen molar-refractivity contribution in [2.75, 3.05) is 20.2 Å². The van der Waals surface area contributed by atoms with Gasteiger partial charge in [0.1, 0.15) is 11.4 Å². The van der Waals surface area contributed by atoms with E-state index < -0.39 is 0 Å². The van der Waals surface area contributed by atoms with Gasteiger partial charge in [0.25, 0.3) is 5.91 Å². The molecule has 1 amide bonds. The van der Waals surface area contributed by atoms with E-state index in [1.807, 2.05) is 36.4 Å². The first-order valence-electron chi connectivity index (χ1n) is 9.94. The third kappa shape index (κ3) is 4.66. The molecule has 1 aliphatic heterocycles. The highest BCUT2D eigenvalue weighted by Gasteiger charge is 2.26. The summed E-state index contributed by atoms with van der Waals surface area (Å²) in [6.07, 6.45) is 1.07. The van der Waals surface area contributed by atoms with Crippen molar-refractivity contribution in [3.8, 4) is 5.75 Å². The number of hydrogen-bond donors (Lipinski definition) is 2. The molecule has 0 saturated carbocycles. The summed E-state index contributed by atoms with van der Waals surface area (Å²) < 4.78 is 5.33. The van der Waals surface area contributed by atoms with Crippen molar-refractivity contribution in [1.29, 1.82) is 0 Å². The van der Waals surface area contributed by atoms with Crippen molar-refractivity contribution >= 4 is 5.91 Å². The summed E-state index contributed by atoms with van der Waals surface area (Å²) in [4.78, 5) is 15.0. The second-order valence-electron chi connectivity index (χ2n) is 7.41. The third-order valence-corrected chi connectivity index (χ3v) is 5.42. The van der Waals surface area contributed by atoms with Gasteiger partial charge in [0.15, 0.2) is 0 Å². The number of carbonyl (C=O) groups is 1. The van der Waals surface area contributed by atoms with Crippen molar-refractivity contribution in [3.05, 3.63) is 83.2 Å². The SMILES string of the molecule is COc1ccccc1CNC(=O)c1cc(C2CCN(Cc3ccccc3)C2)[nH]n1. The number of amides is 1. The van der Waals surface area contributed by atoms with E-state index in [9.17, 15) is 4.79 Å². The summed E-state index contributed by atoms with van der Waals surface area (Å²) in [5.41, 5.74) is 3.72. The number of ether oxygens (including phenoxy) is 1. The maximum absolute atomic E-state index is 12.5. The molecule has 1 aliphatic rings.